The summed E-state index contributed by atoms with van der Waals surface area (Å²) < 4.78 is 5.59. The van der Waals surface area contributed by atoms with Crippen molar-refractivity contribution in [1.82, 2.24) is 4.90 Å². The van der Waals surface area contributed by atoms with Gasteiger partial charge in [-0.2, -0.15) is 0 Å². The summed E-state index contributed by atoms with van der Waals surface area (Å²) in [5.74, 6) is -0.812. The summed E-state index contributed by atoms with van der Waals surface area (Å²) in [4.78, 5) is 13.3. The Morgan fingerprint density at radius 3 is 2.81 bits per heavy atom. The van der Waals surface area contributed by atoms with Crippen molar-refractivity contribution in [3.8, 4) is 0 Å². The Hall–Kier alpha value is -0.610. The van der Waals surface area contributed by atoms with E-state index >= 15 is 0 Å². The normalized spacial score (nSPS) is 34.8. The van der Waals surface area contributed by atoms with Crippen molar-refractivity contribution in [2.24, 2.45) is 5.92 Å². The fraction of sp³-hybridized carbons (Fsp3) is 0.917. The van der Waals surface area contributed by atoms with Crippen LogP contribution in [-0.2, 0) is 9.53 Å². The van der Waals surface area contributed by atoms with Crippen molar-refractivity contribution in [2.75, 3.05) is 20.2 Å². The van der Waals surface area contributed by atoms with Gasteiger partial charge in [-0.25, -0.2) is 0 Å². The first kappa shape index (κ1) is 11.9. The molecule has 1 heterocycles. The Balaban J connectivity index is 1.87. The van der Waals surface area contributed by atoms with Gasteiger partial charge in [0.15, 0.2) is 0 Å². The van der Waals surface area contributed by atoms with Gasteiger partial charge in [0.2, 0.25) is 0 Å². The zero-order valence-corrected chi connectivity index (χ0v) is 9.89. The lowest BCUT2D eigenvalue weighted by Crippen LogP contribution is -2.41. The van der Waals surface area contributed by atoms with Crippen molar-refractivity contribution in [3.05, 3.63) is 0 Å². The maximum atomic E-state index is 11.1. The second-order valence-electron chi connectivity index (χ2n) is 5.02. The van der Waals surface area contributed by atoms with Crippen LogP contribution >= 0.6 is 0 Å². The molecule has 1 saturated heterocycles. The first-order valence-electron chi connectivity index (χ1n) is 6.23. The molecule has 92 valence electrons. The highest BCUT2D eigenvalue weighted by atomic mass is 16.5. The van der Waals surface area contributed by atoms with Gasteiger partial charge in [0, 0.05) is 19.2 Å². The standard InChI is InChI=1S/C12H21NO3/c1-13(8-9-4-3-7-16-9)11-6-2-5-10(11)12(14)15/h9-11H,2-8H2,1H3,(H,14,15). The van der Waals surface area contributed by atoms with Crippen molar-refractivity contribution in [1.29, 1.82) is 0 Å². The molecule has 1 aliphatic carbocycles. The van der Waals surface area contributed by atoms with E-state index in [0.29, 0.717) is 6.10 Å². The Kier molecular flexibility index (Phi) is 3.82. The molecule has 2 rings (SSSR count). The van der Waals surface area contributed by atoms with Gasteiger partial charge < -0.3 is 9.84 Å². The number of likely N-dealkylation sites (N-methyl/N-ethyl adjacent to an activating group) is 1. The van der Waals surface area contributed by atoms with Gasteiger partial charge in [0.1, 0.15) is 0 Å². The van der Waals surface area contributed by atoms with Gasteiger partial charge in [0.25, 0.3) is 0 Å². The maximum Gasteiger partial charge on any atom is 0.308 e. The molecule has 2 fully saturated rings. The van der Waals surface area contributed by atoms with Crippen LogP contribution in [0.15, 0.2) is 0 Å². The number of hydrogen-bond acceptors (Lipinski definition) is 3. The number of aliphatic carboxylic acids is 1. The van der Waals surface area contributed by atoms with Gasteiger partial charge in [-0.3, -0.25) is 9.69 Å². The van der Waals surface area contributed by atoms with Crippen LogP contribution in [0.25, 0.3) is 0 Å². The van der Waals surface area contributed by atoms with E-state index in [9.17, 15) is 4.79 Å². The number of hydrogen-bond donors (Lipinski definition) is 1. The topological polar surface area (TPSA) is 49.8 Å². The zero-order chi connectivity index (χ0) is 11.5. The predicted octanol–water partition coefficient (Wildman–Crippen LogP) is 1.35. The lowest BCUT2D eigenvalue weighted by molar-refractivity contribution is -0.143. The molecule has 4 nitrogen and oxygen atoms in total. The highest BCUT2D eigenvalue weighted by Crippen LogP contribution is 2.30. The summed E-state index contributed by atoms with van der Waals surface area (Å²) in [5.41, 5.74) is 0. The maximum absolute atomic E-state index is 11.1. The quantitative estimate of drug-likeness (QED) is 0.787. The minimum Gasteiger partial charge on any atom is -0.481 e. The summed E-state index contributed by atoms with van der Waals surface area (Å²) in [7, 11) is 2.04. The predicted molar refractivity (Wildman–Crippen MR) is 60.4 cm³/mol. The van der Waals surface area contributed by atoms with E-state index in [1.807, 2.05) is 7.05 Å². The Morgan fingerprint density at radius 2 is 2.19 bits per heavy atom. The molecular weight excluding hydrogens is 206 g/mol. The summed E-state index contributed by atoms with van der Waals surface area (Å²) >= 11 is 0. The van der Waals surface area contributed by atoms with E-state index in [4.69, 9.17) is 9.84 Å². The summed E-state index contributed by atoms with van der Waals surface area (Å²) in [6.07, 6.45) is 5.47. The molecule has 0 spiro atoms. The third-order valence-electron chi connectivity index (χ3n) is 3.88. The van der Waals surface area contributed by atoms with Crippen LogP contribution in [0, 0.1) is 5.92 Å². The van der Waals surface area contributed by atoms with Crippen LogP contribution in [-0.4, -0.2) is 48.3 Å². The third-order valence-corrected chi connectivity index (χ3v) is 3.88. The molecule has 3 unspecified atom stereocenters. The van der Waals surface area contributed by atoms with Gasteiger partial charge in [0.05, 0.1) is 12.0 Å². The lowest BCUT2D eigenvalue weighted by atomic mass is 10.0. The van der Waals surface area contributed by atoms with Gasteiger partial charge in [-0.15, -0.1) is 0 Å². The average molecular weight is 227 g/mol. The molecule has 0 radical (unpaired) electrons. The van der Waals surface area contributed by atoms with Crippen molar-refractivity contribution >= 4 is 5.97 Å². The van der Waals surface area contributed by atoms with Gasteiger partial charge in [-0.1, -0.05) is 6.42 Å². The highest BCUT2D eigenvalue weighted by molar-refractivity contribution is 5.71. The van der Waals surface area contributed by atoms with E-state index in [0.717, 1.165) is 45.3 Å². The molecule has 16 heavy (non-hydrogen) atoms. The number of ether oxygens (including phenoxy) is 1. The minimum atomic E-state index is -0.637. The molecule has 1 saturated carbocycles. The number of carboxylic acids is 1. The monoisotopic (exact) mass is 227 g/mol. The van der Waals surface area contributed by atoms with Crippen molar-refractivity contribution in [2.45, 2.75) is 44.2 Å². The van der Waals surface area contributed by atoms with Crippen LogP contribution < -0.4 is 0 Å². The lowest BCUT2D eigenvalue weighted by Gasteiger charge is -2.29. The molecule has 1 aliphatic heterocycles. The summed E-state index contributed by atoms with van der Waals surface area (Å²) in [5, 5.41) is 9.14. The van der Waals surface area contributed by atoms with Crippen molar-refractivity contribution < 1.29 is 14.6 Å². The molecule has 4 heteroatoms. The number of carbonyl (C=O) groups is 1. The first-order valence-corrected chi connectivity index (χ1v) is 6.23. The van der Waals surface area contributed by atoms with E-state index in [-0.39, 0.29) is 12.0 Å². The minimum absolute atomic E-state index is 0.175. The molecule has 0 aromatic rings. The van der Waals surface area contributed by atoms with E-state index in [2.05, 4.69) is 4.90 Å². The Bertz CT molecular complexity index is 251. The fourth-order valence-corrected chi connectivity index (χ4v) is 3.00. The average Bonchev–Trinajstić information content (AvgIpc) is 2.86. The van der Waals surface area contributed by atoms with Crippen LogP contribution in [0.5, 0.6) is 0 Å². The largest absolute Gasteiger partial charge is 0.481 e. The highest BCUT2D eigenvalue weighted by Gasteiger charge is 2.36. The number of rotatable bonds is 4. The van der Waals surface area contributed by atoms with Gasteiger partial charge >= 0.3 is 5.97 Å². The molecule has 0 amide bonds. The van der Waals surface area contributed by atoms with Crippen LogP contribution in [0.1, 0.15) is 32.1 Å². The Labute approximate surface area is 96.6 Å². The molecule has 2 aliphatic rings. The molecule has 0 aromatic heterocycles. The number of carboxylic acid groups (broad SMARTS) is 1. The summed E-state index contributed by atoms with van der Waals surface area (Å²) in [6, 6.07) is 0.210. The second-order valence-corrected chi connectivity index (χ2v) is 5.02. The Morgan fingerprint density at radius 1 is 1.38 bits per heavy atom. The van der Waals surface area contributed by atoms with Crippen molar-refractivity contribution in [3.63, 3.8) is 0 Å². The van der Waals surface area contributed by atoms with E-state index < -0.39 is 5.97 Å². The molecule has 1 N–H and O–H groups in total. The first-order chi connectivity index (χ1) is 7.68. The zero-order valence-electron chi connectivity index (χ0n) is 9.89. The SMILES string of the molecule is CN(CC1CCCO1)C1CCCC1C(=O)O. The number of nitrogens with zero attached hydrogens (tertiary/aromatic N) is 1. The molecule has 0 aromatic carbocycles. The van der Waals surface area contributed by atoms with E-state index in [1.165, 1.54) is 0 Å². The van der Waals surface area contributed by atoms with Gasteiger partial charge in [-0.05, 0) is 32.7 Å². The third kappa shape index (κ3) is 2.55. The molecule has 0 bridgehead atoms. The molecular formula is C12H21NO3. The second kappa shape index (κ2) is 5.15. The molecule has 3 atom stereocenters. The van der Waals surface area contributed by atoms with Crippen LogP contribution in [0.4, 0.5) is 0 Å². The smallest absolute Gasteiger partial charge is 0.308 e. The summed E-state index contributed by atoms with van der Waals surface area (Å²) in [6.45, 7) is 1.75. The fourth-order valence-electron chi connectivity index (χ4n) is 3.00. The van der Waals surface area contributed by atoms with Crippen LogP contribution in [0.3, 0.4) is 0 Å². The van der Waals surface area contributed by atoms with Crippen LogP contribution in [0.2, 0.25) is 0 Å². The van der Waals surface area contributed by atoms with E-state index in [1.54, 1.807) is 0 Å².